The first-order valence-corrected chi connectivity index (χ1v) is 6.19. The SMILES string of the molecule is O=C(O)[C@H]1[C@H](C(=O)Nc2ccc(F)cc2)[C@H]2C=C[C@H]1O2. The van der Waals surface area contributed by atoms with Gasteiger partial charge in [-0.2, -0.15) is 0 Å². The molecule has 0 spiro atoms. The Morgan fingerprint density at radius 1 is 1.10 bits per heavy atom. The highest BCUT2D eigenvalue weighted by molar-refractivity contribution is 5.96. The van der Waals surface area contributed by atoms with Gasteiger partial charge in [0.1, 0.15) is 11.7 Å². The first kappa shape index (κ1) is 12.8. The second-order valence-corrected chi connectivity index (χ2v) is 4.84. The zero-order valence-electron chi connectivity index (χ0n) is 10.3. The Morgan fingerprint density at radius 3 is 2.30 bits per heavy atom. The summed E-state index contributed by atoms with van der Waals surface area (Å²) >= 11 is 0. The number of nitrogens with one attached hydrogen (secondary N) is 1. The molecule has 0 saturated carbocycles. The van der Waals surface area contributed by atoms with E-state index in [0.717, 1.165) is 0 Å². The fraction of sp³-hybridized carbons (Fsp3) is 0.286. The monoisotopic (exact) mass is 277 g/mol. The number of carboxylic acid groups (broad SMARTS) is 1. The summed E-state index contributed by atoms with van der Waals surface area (Å²) in [6.45, 7) is 0. The van der Waals surface area contributed by atoms with E-state index in [4.69, 9.17) is 4.74 Å². The van der Waals surface area contributed by atoms with Crippen molar-refractivity contribution < 1.29 is 23.8 Å². The average molecular weight is 277 g/mol. The molecule has 1 saturated heterocycles. The highest BCUT2D eigenvalue weighted by Gasteiger charge is 2.53. The zero-order chi connectivity index (χ0) is 14.3. The van der Waals surface area contributed by atoms with Crippen molar-refractivity contribution in [3.8, 4) is 0 Å². The standard InChI is InChI=1S/C14H12FNO4/c15-7-1-3-8(4-2-7)16-13(17)11-9-5-6-10(20-9)12(11)14(18)19/h1-6,9-12H,(H,16,17)(H,18,19)/t9-,10-,11-,12-/m1/s1. The topological polar surface area (TPSA) is 75.6 Å². The smallest absolute Gasteiger partial charge is 0.310 e. The van der Waals surface area contributed by atoms with E-state index in [-0.39, 0.29) is 0 Å². The number of fused-ring (bicyclic) bond motifs is 2. The third kappa shape index (κ3) is 2.08. The lowest BCUT2D eigenvalue weighted by atomic mass is 9.82. The molecule has 2 heterocycles. The van der Waals surface area contributed by atoms with Crippen LogP contribution in [0.4, 0.5) is 10.1 Å². The van der Waals surface area contributed by atoms with Gasteiger partial charge in [0.25, 0.3) is 0 Å². The molecule has 0 radical (unpaired) electrons. The number of hydrogen-bond acceptors (Lipinski definition) is 3. The molecule has 6 heteroatoms. The van der Waals surface area contributed by atoms with Gasteiger partial charge < -0.3 is 15.2 Å². The molecule has 5 nitrogen and oxygen atoms in total. The second kappa shape index (κ2) is 4.72. The summed E-state index contributed by atoms with van der Waals surface area (Å²) in [6, 6.07) is 5.29. The molecule has 2 bridgehead atoms. The molecule has 3 rings (SSSR count). The van der Waals surface area contributed by atoms with Crippen LogP contribution >= 0.6 is 0 Å². The summed E-state index contributed by atoms with van der Waals surface area (Å²) in [5, 5.41) is 11.8. The van der Waals surface area contributed by atoms with Crippen LogP contribution in [0, 0.1) is 17.7 Å². The maximum absolute atomic E-state index is 12.8. The molecule has 104 valence electrons. The molecule has 20 heavy (non-hydrogen) atoms. The number of aliphatic carboxylic acids is 1. The van der Waals surface area contributed by atoms with E-state index in [2.05, 4.69) is 5.32 Å². The van der Waals surface area contributed by atoms with Gasteiger partial charge in [0, 0.05) is 5.69 Å². The Bertz CT molecular complexity index is 583. The lowest BCUT2D eigenvalue weighted by Gasteiger charge is -2.20. The molecule has 2 aliphatic heterocycles. The normalized spacial score (nSPS) is 30.4. The molecule has 4 atom stereocenters. The molecular weight excluding hydrogens is 265 g/mol. The molecule has 1 aromatic carbocycles. The number of anilines is 1. The number of ether oxygens (including phenoxy) is 1. The van der Waals surface area contributed by atoms with E-state index in [0.29, 0.717) is 5.69 Å². The summed E-state index contributed by atoms with van der Waals surface area (Å²) in [7, 11) is 0. The number of hydrogen-bond donors (Lipinski definition) is 2. The van der Waals surface area contributed by atoms with E-state index in [9.17, 15) is 19.1 Å². The maximum atomic E-state index is 12.8. The molecule has 0 unspecified atom stereocenters. The molecule has 1 fully saturated rings. The number of carbonyl (C=O) groups excluding carboxylic acids is 1. The van der Waals surface area contributed by atoms with Gasteiger partial charge in [-0.15, -0.1) is 0 Å². The quantitative estimate of drug-likeness (QED) is 0.819. The highest BCUT2D eigenvalue weighted by Crippen LogP contribution is 2.39. The van der Waals surface area contributed by atoms with Crippen molar-refractivity contribution in [1.82, 2.24) is 0 Å². The van der Waals surface area contributed by atoms with Gasteiger partial charge >= 0.3 is 5.97 Å². The van der Waals surface area contributed by atoms with Gasteiger partial charge in [0.15, 0.2) is 0 Å². The summed E-state index contributed by atoms with van der Waals surface area (Å²) in [6.07, 6.45) is 2.31. The van der Waals surface area contributed by atoms with Gasteiger partial charge in [-0.25, -0.2) is 4.39 Å². The minimum Gasteiger partial charge on any atom is -0.481 e. The van der Waals surface area contributed by atoms with Crippen LogP contribution in [0.1, 0.15) is 0 Å². The number of amides is 1. The predicted molar refractivity (Wildman–Crippen MR) is 67.4 cm³/mol. The summed E-state index contributed by atoms with van der Waals surface area (Å²) in [5.74, 6) is -3.54. The van der Waals surface area contributed by atoms with Crippen LogP contribution in [0.3, 0.4) is 0 Å². The van der Waals surface area contributed by atoms with Gasteiger partial charge in [-0.05, 0) is 24.3 Å². The van der Waals surface area contributed by atoms with Gasteiger partial charge in [0.05, 0.1) is 18.1 Å². The van der Waals surface area contributed by atoms with Gasteiger partial charge in [0.2, 0.25) is 5.91 Å². The Balaban J connectivity index is 1.78. The van der Waals surface area contributed by atoms with Crippen LogP contribution in [0.15, 0.2) is 36.4 Å². The van der Waals surface area contributed by atoms with Gasteiger partial charge in [-0.1, -0.05) is 12.2 Å². The molecule has 0 aliphatic carbocycles. The van der Waals surface area contributed by atoms with Crippen LogP contribution in [0.25, 0.3) is 0 Å². The summed E-state index contributed by atoms with van der Waals surface area (Å²) in [5.41, 5.74) is 0.423. The van der Waals surface area contributed by atoms with Crippen molar-refractivity contribution in [2.45, 2.75) is 12.2 Å². The number of carbonyl (C=O) groups is 2. The van der Waals surface area contributed by atoms with Crippen LogP contribution in [-0.2, 0) is 14.3 Å². The van der Waals surface area contributed by atoms with Crippen LogP contribution < -0.4 is 5.32 Å². The maximum Gasteiger partial charge on any atom is 0.310 e. The largest absolute Gasteiger partial charge is 0.481 e. The predicted octanol–water partition coefficient (Wildman–Crippen LogP) is 1.42. The van der Waals surface area contributed by atoms with Gasteiger partial charge in [-0.3, -0.25) is 9.59 Å². The van der Waals surface area contributed by atoms with E-state index < -0.39 is 41.7 Å². The fourth-order valence-corrected chi connectivity index (χ4v) is 2.67. The first-order valence-electron chi connectivity index (χ1n) is 6.19. The van der Waals surface area contributed by atoms with Crippen molar-refractivity contribution in [2.75, 3.05) is 5.32 Å². The second-order valence-electron chi connectivity index (χ2n) is 4.84. The van der Waals surface area contributed by atoms with Crippen molar-refractivity contribution >= 4 is 17.6 Å². The van der Waals surface area contributed by atoms with Crippen LogP contribution in [-0.4, -0.2) is 29.2 Å². The molecule has 2 aliphatic rings. The lowest BCUT2D eigenvalue weighted by molar-refractivity contribution is -0.145. The summed E-state index contributed by atoms with van der Waals surface area (Å²) in [4.78, 5) is 23.5. The highest BCUT2D eigenvalue weighted by atomic mass is 19.1. The average Bonchev–Trinajstić information content (AvgIpc) is 3.01. The zero-order valence-corrected chi connectivity index (χ0v) is 10.3. The van der Waals surface area contributed by atoms with Crippen LogP contribution in [0.5, 0.6) is 0 Å². The Kier molecular flexibility index (Phi) is 3.02. The number of carboxylic acids is 1. The number of rotatable bonds is 3. The van der Waals surface area contributed by atoms with Crippen molar-refractivity contribution in [3.63, 3.8) is 0 Å². The molecular formula is C14H12FNO4. The fourth-order valence-electron chi connectivity index (χ4n) is 2.67. The molecule has 2 N–H and O–H groups in total. The number of halogens is 1. The Morgan fingerprint density at radius 2 is 1.70 bits per heavy atom. The third-order valence-corrected chi connectivity index (χ3v) is 3.60. The lowest BCUT2D eigenvalue weighted by Crippen LogP contribution is -2.39. The van der Waals surface area contributed by atoms with Crippen molar-refractivity contribution in [2.24, 2.45) is 11.8 Å². The Hall–Kier alpha value is -2.21. The minimum absolute atomic E-state index is 0.405. The van der Waals surface area contributed by atoms with E-state index in [1.807, 2.05) is 0 Å². The van der Waals surface area contributed by atoms with E-state index in [1.54, 1.807) is 12.2 Å². The van der Waals surface area contributed by atoms with Crippen molar-refractivity contribution in [3.05, 3.63) is 42.2 Å². The summed E-state index contributed by atoms with van der Waals surface area (Å²) < 4.78 is 18.2. The third-order valence-electron chi connectivity index (χ3n) is 3.60. The number of benzene rings is 1. The Labute approximate surface area is 114 Å². The molecule has 0 aromatic heterocycles. The molecule has 1 amide bonds. The molecule has 1 aromatic rings. The van der Waals surface area contributed by atoms with E-state index >= 15 is 0 Å². The van der Waals surface area contributed by atoms with Crippen LogP contribution in [0.2, 0.25) is 0 Å². The van der Waals surface area contributed by atoms with Crippen molar-refractivity contribution in [1.29, 1.82) is 0 Å². The van der Waals surface area contributed by atoms with E-state index in [1.165, 1.54) is 24.3 Å². The minimum atomic E-state index is -1.05. The first-order chi connectivity index (χ1) is 9.56.